The molecule has 0 amide bonds. The van der Waals surface area contributed by atoms with Crippen molar-refractivity contribution in [2.24, 2.45) is 0 Å². The quantitative estimate of drug-likeness (QED) is 0.605. The zero-order valence-corrected chi connectivity index (χ0v) is 15.5. The number of methoxy groups -OCH3 is 2. The molecule has 3 aromatic rings. The number of ether oxygens (including phenoxy) is 2. The smallest absolute Gasteiger partial charge is 0.248 e. The summed E-state index contributed by atoms with van der Waals surface area (Å²) in [5.41, 5.74) is 1.16. The van der Waals surface area contributed by atoms with Crippen molar-refractivity contribution in [3.8, 4) is 17.7 Å². The largest absolute Gasteiger partial charge is 0.481 e. The Hall–Kier alpha value is -1.47. The molecule has 24 heavy (non-hydrogen) atoms. The Morgan fingerprint density at radius 2 is 1.58 bits per heavy atom. The number of benzene rings is 1. The first-order valence-electron chi connectivity index (χ1n) is 6.56. The van der Waals surface area contributed by atoms with E-state index in [1.54, 1.807) is 18.2 Å². The van der Waals surface area contributed by atoms with E-state index in [0.29, 0.717) is 27.8 Å². The molecule has 0 aliphatic heterocycles. The van der Waals surface area contributed by atoms with Crippen LogP contribution in [0.3, 0.4) is 0 Å². The summed E-state index contributed by atoms with van der Waals surface area (Å²) in [5, 5.41) is 0.507. The number of nitrogens with zero attached hydrogens (tertiary/aromatic N) is 4. The maximum absolute atomic E-state index is 6.07. The van der Waals surface area contributed by atoms with Gasteiger partial charge in [-0.05, 0) is 18.2 Å². The fourth-order valence-corrected chi connectivity index (χ4v) is 2.69. The van der Waals surface area contributed by atoms with Crippen LogP contribution in [0.1, 0.15) is 5.82 Å². The predicted octanol–water partition coefficient (Wildman–Crippen LogP) is 4.31. The fraction of sp³-hybridized carbons (Fsp3) is 0.214. The Labute approximate surface area is 157 Å². The maximum Gasteiger partial charge on any atom is 0.248 e. The number of alkyl halides is 3. The van der Waals surface area contributed by atoms with Crippen molar-refractivity contribution in [3.63, 3.8) is 0 Å². The molecular formula is C14H10Cl4N4O2. The van der Waals surface area contributed by atoms with Crippen LogP contribution in [0.2, 0.25) is 5.02 Å². The van der Waals surface area contributed by atoms with Crippen molar-refractivity contribution >= 4 is 57.4 Å². The van der Waals surface area contributed by atoms with E-state index in [9.17, 15) is 0 Å². The van der Waals surface area contributed by atoms with E-state index in [0.717, 1.165) is 0 Å². The molecule has 2 aromatic heterocycles. The number of hydrogen-bond donors (Lipinski definition) is 0. The topological polar surface area (TPSA) is 62.1 Å². The zero-order valence-electron chi connectivity index (χ0n) is 12.4. The Kier molecular flexibility index (Phi) is 4.66. The Morgan fingerprint density at radius 1 is 0.958 bits per heavy atom. The van der Waals surface area contributed by atoms with Crippen molar-refractivity contribution in [1.82, 2.24) is 19.5 Å². The van der Waals surface area contributed by atoms with Crippen LogP contribution in [-0.4, -0.2) is 33.7 Å². The Bertz CT molecular complexity index is 885. The van der Waals surface area contributed by atoms with Gasteiger partial charge in [-0.3, -0.25) is 4.57 Å². The molecule has 126 valence electrons. The van der Waals surface area contributed by atoms with E-state index >= 15 is 0 Å². The van der Waals surface area contributed by atoms with Gasteiger partial charge in [-0.1, -0.05) is 46.4 Å². The summed E-state index contributed by atoms with van der Waals surface area (Å²) in [5.74, 6) is 0.906. The monoisotopic (exact) mass is 406 g/mol. The van der Waals surface area contributed by atoms with Crippen molar-refractivity contribution in [1.29, 1.82) is 0 Å². The fourth-order valence-electron chi connectivity index (χ4n) is 2.15. The lowest BCUT2D eigenvalue weighted by molar-refractivity contribution is 0.370. The Morgan fingerprint density at radius 3 is 2.12 bits per heavy atom. The minimum atomic E-state index is -1.80. The lowest BCUT2D eigenvalue weighted by atomic mass is 10.3. The summed E-state index contributed by atoms with van der Waals surface area (Å²) in [4.78, 5) is 12.9. The molecule has 0 bridgehead atoms. The molecule has 0 fully saturated rings. The van der Waals surface area contributed by atoms with Crippen LogP contribution in [0.4, 0.5) is 0 Å². The normalized spacial score (nSPS) is 11.8. The zero-order chi connectivity index (χ0) is 17.5. The van der Waals surface area contributed by atoms with Crippen LogP contribution in [0.5, 0.6) is 11.8 Å². The molecule has 0 aliphatic carbocycles. The summed E-state index contributed by atoms with van der Waals surface area (Å²) < 4.78 is 10.1. The molecule has 0 saturated carbocycles. The highest BCUT2D eigenvalue weighted by molar-refractivity contribution is 6.66. The van der Waals surface area contributed by atoms with Crippen LogP contribution >= 0.6 is 46.4 Å². The highest BCUT2D eigenvalue weighted by Crippen LogP contribution is 2.40. The van der Waals surface area contributed by atoms with Gasteiger partial charge in [0.2, 0.25) is 21.5 Å². The average molecular weight is 408 g/mol. The molecule has 0 spiro atoms. The van der Waals surface area contributed by atoms with Crippen molar-refractivity contribution < 1.29 is 9.47 Å². The molecule has 0 unspecified atom stereocenters. The molecule has 0 N–H and O–H groups in total. The summed E-state index contributed by atoms with van der Waals surface area (Å²) >= 11 is 24.2. The second kappa shape index (κ2) is 6.44. The summed E-state index contributed by atoms with van der Waals surface area (Å²) in [6.07, 6.45) is 0. The lowest BCUT2D eigenvalue weighted by Crippen LogP contribution is -2.13. The molecule has 10 heteroatoms. The van der Waals surface area contributed by atoms with Crippen molar-refractivity contribution in [3.05, 3.63) is 35.1 Å². The van der Waals surface area contributed by atoms with E-state index < -0.39 is 3.79 Å². The standard InChI is InChI=1S/C14H10Cl4N4O2/c1-23-10-6-11(24-2)21-13(20-10)22-9-4-3-7(15)5-8(9)19-12(22)14(16,17)18/h3-6H,1-2H3. The predicted molar refractivity (Wildman–Crippen MR) is 94.0 cm³/mol. The third-order valence-electron chi connectivity index (χ3n) is 3.16. The number of imidazole rings is 1. The van der Waals surface area contributed by atoms with Gasteiger partial charge >= 0.3 is 0 Å². The maximum atomic E-state index is 6.07. The van der Waals surface area contributed by atoms with Crippen LogP contribution in [0, 0.1) is 0 Å². The summed E-state index contributed by atoms with van der Waals surface area (Å²) in [6, 6.07) is 6.63. The van der Waals surface area contributed by atoms with E-state index in [1.165, 1.54) is 24.9 Å². The van der Waals surface area contributed by atoms with E-state index in [4.69, 9.17) is 55.9 Å². The van der Waals surface area contributed by atoms with E-state index in [1.807, 2.05) is 0 Å². The minimum Gasteiger partial charge on any atom is -0.481 e. The third-order valence-corrected chi connectivity index (χ3v) is 3.90. The van der Waals surface area contributed by atoms with Gasteiger partial charge in [-0.25, -0.2) is 4.98 Å². The van der Waals surface area contributed by atoms with Gasteiger partial charge in [0.1, 0.15) is 0 Å². The highest BCUT2D eigenvalue weighted by Gasteiger charge is 2.32. The van der Waals surface area contributed by atoms with Gasteiger partial charge < -0.3 is 9.47 Å². The van der Waals surface area contributed by atoms with Gasteiger partial charge in [0, 0.05) is 5.02 Å². The molecule has 6 nitrogen and oxygen atoms in total. The van der Waals surface area contributed by atoms with Crippen molar-refractivity contribution in [2.45, 2.75) is 3.79 Å². The second-order valence-corrected chi connectivity index (χ2v) is 7.37. The first-order chi connectivity index (χ1) is 11.3. The summed E-state index contributed by atoms with van der Waals surface area (Å²) in [6.45, 7) is 0. The Balaban J connectivity index is 2.36. The van der Waals surface area contributed by atoms with E-state index in [2.05, 4.69) is 15.0 Å². The SMILES string of the molecule is COc1cc(OC)nc(-n2c(C(Cl)(Cl)Cl)nc3cc(Cl)ccc32)n1. The molecule has 0 radical (unpaired) electrons. The van der Waals surface area contributed by atoms with Gasteiger partial charge in [0.15, 0.2) is 5.82 Å². The third kappa shape index (κ3) is 3.19. The average Bonchev–Trinajstić information content (AvgIpc) is 2.93. The minimum absolute atomic E-state index is 0.125. The number of halogens is 4. The molecule has 0 saturated heterocycles. The number of fused-ring (bicyclic) bond motifs is 1. The number of rotatable bonds is 3. The molecule has 3 rings (SSSR count). The molecular weight excluding hydrogens is 398 g/mol. The van der Waals surface area contributed by atoms with Crippen LogP contribution < -0.4 is 9.47 Å². The van der Waals surface area contributed by atoms with Gasteiger partial charge in [0.25, 0.3) is 0 Å². The van der Waals surface area contributed by atoms with E-state index in [-0.39, 0.29) is 11.8 Å². The molecule has 0 atom stereocenters. The second-order valence-electron chi connectivity index (χ2n) is 4.65. The first-order valence-corrected chi connectivity index (χ1v) is 8.07. The molecule has 1 aromatic carbocycles. The van der Waals surface area contributed by atoms with Crippen LogP contribution in [-0.2, 0) is 3.79 Å². The van der Waals surface area contributed by atoms with Gasteiger partial charge in [-0.15, -0.1) is 0 Å². The molecule has 2 heterocycles. The molecule has 0 aliphatic rings. The highest BCUT2D eigenvalue weighted by atomic mass is 35.6. The summed E-state index contributed by atoms with van der Waals surface area (Å²) in [7, 11) is 2.96. The van der Waals surface area contributed by atoms with Crippen LogP contribution in [0.25, 0.3) is 17.0 Å². The number of aromatic nitrogens is 4. The van der Waals surface area contributed by atoms with Crippen molar-refractivity contribution in [2.75, 3.05) is 14.2 Å². The number of hydrogen-bond acceptors (Lipinski definition) is 5. The van der Waals surface area contributed by atoms with Gasteiger partial charge in [-0.2, -0.15) is 9.97 Å². The van der Waals surface area contributed by atoms with Crippen LogP contribution in [0.15, 0.2) is 24.3 Å². The van der Waals surface area contributed by atoms with Gasteiger partial charge in [0.05, 0.1) is 31.3 Å². The first kappa shape index (κ1) is 17.4. The lowest BCUT2D eigenvalue weighted by Gasteiger charge is -2.14.